The first kappa shape index (κ1) is 15.0. The lowest BCUT2D eigenvalue weighted by Crippen LogP contribution is -2.12. The molecule has 0 N–H and O–H groups in total. The first-order valence-electron chi connectivity index (χ1n) is 6.14. The van der Waals surface area contributed by atoms with Gasteiger partial charge in [-0.15, -0.1) is 0 Å². The highest BCUT2D eigenvalue weighted by Crippen LogP contribution is 2.28. The number of nitro groups is 1. The minimum Gasteiger partial charge on any atom is -0.484 e. The van der Waals surface area contributed by atoms with Crippen molar-refractivity contribution < 1.29 is 14.5 Å². The van der Waals surface area contributed by atoms with Gasteiger partial charge in [-0.3, -0.25) is 14.9 Å². The maximum absolute atomic E-state index is 12.0. The molecule has 0 saturated carbocycles. The molecule has 0 aliphatic heterocycles. The molecular formula is C15H12ClNO4. The van der Waals surface area contributed by atoms with E-state index in [0.717, 1.165) is 5.56 Å². The van der Waals surface area contributed by atoms with Crippen molar-refractivity contribution in [3.63, 3.8) is 0 Å². The van der Waals surface area contributed by atoms with Gasteiger partial charge in [0.25, 0.3) is 5.69 Å². The zero-order chi connectivity index (χ0) is 15.4. The number of carbonyl (C=O) groups excluding carboxylic acids is 1. The molecule has 0 fully saturated rings. The Hall–Kier alpha value is -2.40. The van der Waals surface area contributed by atoms with E-state index in [1.807, 2.05) is 13.0 Å². The van der Waals surface area contributed by atoms with Crippen molar-refractivity contribution in [3.8, 4) is 5.75 Å². The van der Waals surface area contributed by atoms with Gasteiger partial charge in [0.2, 0.25) is 0 Å². The lowest BCUT2D eigenvalue weighted by molar-refractivity contribution is -0.384. The van der Waals surface area contributed by atoms with Gasteiger partial charge in [-0.2, -0.15) is 0 Å². The van der Waals surface area contributed by atoms with Crippen LogP contribution in [0.4, 0.5) is 5.69 Å². The van der Waals surface area contributed by atoms with Gasteiger partial charge in [-0.25, -0.2) is 0 Å². The van der Waals surface area contributed by atoms with E-state index in [4.69, 9.17) is 16.3 Å². The van der Waals surface area contributed by atoms with E-state index >= 15 is 0 Å². The predicted octanol–water partition coefficient (Wildman–Crippen LogP) is 3.82. The average Bonchev–Trinajstić information content (AvgIpc) is 2.45. The van der Waals surface area contributed by atoms with Crippen LogP contribution in [0, 0.1) is 17.0 Å². The van der Waals surface area contributed by atoms with E-state index in [-0.39, 0.29) is 28.8 Å². The topological polar surface area (TPSA) is 69.4 Å². The molecule has 0 unspecified atom stereocenters. The van der Waals surface area contributed by atoms with Crippen LogP contribution in [-0.2, 0) is 0 Å². The molecule has 0 bridgehead atoms. The summed E-state index contributed by atoms with van der Waals surface area (Å²) < 4.78 is 5.30. The Labute approximate surface area is 126 Å². The Kier molecular flexibility index (Phi) is 4.55. The zero-order valence-corrected chi connectivity index (χ0v) is 12.0. The quantitative estimate of drug-likeness (QED) is 0.478. The van der Waals surface area contributed by atoms with Gasteiger partial charge >= 0.3 is 0 Å². The van der Waals surface area contributed by atoms with Crippen molar-refractivity contribution >= 4 is 23.1 Å². The standard InChI is InChI=1S/C15H12ClNO4/c1-10-3-2-4-11(7-10)14(18)9-21-15-8-12(17(19)20)5-6-13(15)16/h2-8H,9H2,1H3. The van der Waals surface area contributed by atoms with Crippen molar-refractivity contribution in [1.29, 1.82) is 0 Å². The van der Waals surface area contributed by atoms with Gasteiger partial charge in [-0.05, 0) is 19.1 Å². The number of aryl methyl sites for hydroxylation is 1. The fourth-order valence-corrected chi connectivity index (χ4v) is 1.93. The number of ketones is 1. The van der Waals surface area contributed by atoms with Crippen molar-refractivity contribution in [2.45, 2.75) is 6.92 Å². The number of non-ortho nitro benzene ring substituents is 1. The maximum atomic E-state index is 12.0. The van der Waals surface area contributed by atoms with Gasteiger partial charge in [0.15, 0.2) is 12.4 Å². The Bertz CT molecular complexity index is 700. The number of benzene rings is 2. The molecule has 0 atom stereocenters. The fraction of sp³-hybridized carbons (Fsp3) is 0.133. The second kappa shape index (κ2) is 6.37. The molecule has 6 heteroatoms. The minimum atomic E-state index is -0.550. The summed E-state index contributed by atoms with van der Waals surface area (Å²) in [6, 6.07) is 10.9. The number of nitrogens with zero attached hydrogens (tertiary/aromatic N) is 1. The Morgan fingerprint density at radius 3 is 2.71 bits per heavy atom. The summed E-state index contributed by atoms with van der Waals surface area (Å²) in [5, 5.41) is 10.9. The Morgan fingerprint density at radius 1 is 1.29 bits per heavy atom. The lowest BCUT2D eigenvalue weighted by atomic mass is 10.1. The zero-order valence-electron chi connectivity index (χ0n) is 11.2. The fourth-order valence-electron chi connectivity index (χ4n) is 1.76. The van der Waals surface area contributed by atoms with Gasteiger partial charge < -0.3 is 4.74 Å². The summed E-state index contributed by atoms with van der Waals surface area (Å²) in [6.45, 7) is 1.65. The molecule has 0 spiro atoms. The van der Waals surface area contributed by atoms with Gasteiger partial charge in [0.05, 0.1) is 16.0 Å². The normalized spacial score (nSPS) is 10.2. The third-order valence-electron chi connectivity index (χ3n) is 2.82. The van der Waals surface area contributed by atoms with Gasteiger partial charge in [0, 0.05) is 11.6 Å². The molecule has 0 amide bonds. The number of hydrogen-bond donors (Lipinski definition) is 0. The number of halogens is 1. The molecule has 2 aromatic rings. The van der Waals surface area contributed by atoms with Crippen molar-refractivity contribution in [3.05, 3.63) is 68.7 Å². The molecule has 0 aliphatic carbocycles. The van der Waals surface area contributed by atoms with Crippen LogP contribution >= 0.6 is 11.6 Å². The Morgan fingerprint density at radius 2 is 2.05 bits per heavy atom. The van der Waals surface area contributed by atoms with E-state index in [9.17, 15) is 14.9 Å². The highest BCUT2D eigenvalue weighted by atomic mass is 35.5. The maximum Gasteiger partial charge on any atom is 0.273 e. The molecular weight excluding hydrogens is 294 g/mol. The third kappa shape index (κ3) is 3.79. The number of ether oxygens (including phenoxy) is 1. The summed E-state index contributed by atoms with van der Waals surface area (Å²) in [5.74, 6) is -0.104. The second-order valence-electron chi connectivity index (χ2n) is 4.45. The molecule has 0 aliphatic rings. The minimum absolute atomic E-state index is 0.117. The van der Waals surface area contributed by atoms with Crippen LogP contribution in [0.3, 0.4) is 0 Å². The van der Waals surface area contributed by atoms with Crippen LogP contribution < -0.4 is 4.74 Å². The summed E-state index contributed by atoms with van der Waals surface area (Å²) >= 11 is 5.90. The number of Topliss-reactive ketones (excluding diaryl/α,β-unsaturated/α-hetero) is 1. The summed E-state index contributed by atoms with van der Waals surface area (Å²) in [6.07, 6.45) is 0. The molecule has 0 saturated heterocycles. The van der Waals surface area contributed by atoms with E-state index in [1.54, 1.807) is 18.2 Å². The second-order valence-corrected chi connectivity index (χ2v) is 4.86. The van der Waals surface area contributed by atoms with Crippen LogP contribution in [0.1, 0.15) is 15.9 Å². The highest BCUT2D eigenvalue weighted by Gasteiger charge is 2.13. The average molecular weight is 306 g/mol. The monoisotopic (exact) mass is 305 g/mol. The number of carbonyl (C=O) groups is 1. The van der Waals surface area contributed by atoms with Crippen LogP contribution in [0.15, 0.2) is 42.5 Å². The number of rotatable bonds is 5. The summed E-state index contributed by atoms with van der Waals surface area (Å²) in [7, 11) is 0. The molecule has 0 heterocycles. The largest absolute Gasteiger partial charge is 0.484 e. The lowest BCUT2D eigenvalue weighted by Gasteiger charge is -2.07. The predicted molar refractivity (Wildman–Crippen MR) is 79.1 cm³/mol. The van der Waals surface area contributed by atoms with Crippen molar-refractivity contribution in [2.24, 2.45) is 0 Å². The van der Waals surface area contributed by atoms with Crippen LogP contribution in [0.5, 0.6) is 5.75 Å². The van der Waals surface area contributed by atoms with Gasteiger partial charge in [0.1, 0.15) is 5.75 Å². The molecule has 0 radical (unpaired) electrons. The molecule has 5 nitrogen and oxygen atoms in total. The van der Waals surface area contributed by atoms with Crippen LogP contribution in [0.2, 0.25) is 5.02 Å². The SMILES string of the molecule is Cc1cccc(C(=O)COc2cc([N+](=O)[O-])ccc2Cl)c1. The van der Waals surface area contributed by atoms with Crippen molar-refractivity contribution in [1.82, 2.24) is 0 Å². The smallest absolute Gasteiger partial charge is 0.273 e. The third-order valence-corrected chi connectivity index (χ3v) is 3.14. The van der Waals surface area contributed by atoms with E-state index in [0.29, 0.717) is 5.56 Å². The van der Waals surface area contributed by atoms with E-state index < -0.39 is 4.92 Å². The first-order chi connectivity index (χ1) is 9.97. The van der Waals surface area contributed by atoms with Crippen LogP contribution in [-0.4, -0.2) is 17.3 Å². The summed E-state index contributed by atoms with van der Waals surface area (Å²) in [4.78, 5) is 22.1. The number of hydrogen-bond acceptors (Lipinski definition) is 4. The Balaban J connectivity index is 2.11. The first-order valence-corrected chi connectivity index (χ1v) is 6.52. The molecule has 2 rings (SSSR count). The highest BCUT2D eigenvalue weighted by molar-refractivity contribution is 6.32. The van der Waals surface area contributed by atoms with Crippen LogP contribution in [0.25, 0.3) is 0 Å². The molecule has 2 aromatic carbocycles. The van der Waals surface area contributed by atoms with E-state index in [2.05, 4.69) is 0 Å². The molecule has 108 valence electrons. The number of nitro benzene ring substituents is 1. The van der Waals surface area contributed by atoms with Crippen molar-refractivity contribution in [2.75, 3.05) is 6.61 Å². The summed E-state index contributed by atoms with van der Waals surface area (Å²) in [5.41, 5.74) is 1.35. The van der Waals surface area contributed by atoms with Gasteiger partial charge in [-0.1, -0.05) is 35.4 Å². The molecule has 21 heavy (non-hydrogen) atoms. The van der Waals surface area contributed by atoms with E-state index in [1.165, 1.54) is 18.2 Å². The molecule has 0 aromatic heterocycles.